The van der Waals surface area contributed by atoms with Gasteiger partial charge in [0.1, 0.15) is 11.9 Å². The maximum atomic E-state index is 13.7. The molecular weight excluding hydrogens is 209 g/mol. The molecule has 1 heterocycles. The van der Waals surface area contributed by atoms with Gasteiger partial charge in [-0.25, -0.2) is 9.18 Å². The van der Waals surface area contributed by atoms with Crippen molar-refractivity contribution in [3.05, 3.63) is 35.1 Å². The third kappa shape index (κ3) is 1.82. The Morgan fingerprint density at radius 3 is 3.00 bits per heavy atom. The van der Waals surface area contributed by atoms with Crippen LogP contribution in [0.3, 0.4) is 0 Å². The second kappa shape index (κ2) is 4.19. The molecule has 0 atom stereocenters. The predicted molar refractivity (Wildman–Crippen MR) is 54.9 cm³/mol. The Morgan fingerprint density at radius 2 is 2.38 bits per heavy atom. The SMILES string of the molecule is N#Cc1cccc(CN2CCNC2=O)c1F. The molecule has 4 nitrogen and oxygen atoms in total. The number of nitriles is 1. The molecule has 0 saturated carbocycles. The molecule has 1 aliphatic heterocycles. The molecule has 1 aromatic rings. The Kier molecular flexibility index (Phi) is 2.73. The number of carbonyl (C=O) groups is 1. The highest BCUT2D eigenvalue weighted by Gasteiger charge is 2.21. The summed E-state index contributed by atoms with van der Waals surface area (Å²) < 4.78 is 13.7. The highest BCUT2D eigenvalue weighted by atomic mass is 19.1. The number of hydrogen-bond donors (Lipinski definition) is 1. The van der Waals surface area contributed by atoms with Crippen LogP contribution in [-0.4, -0.2) is 24.0 Å². The van der Waals surface area contributed by atoms with Gasteiger partial charge in [0, 0.05) is 18.7 Å². The number of hydrogen-bond acceptors (Lipinski definition) is 2. The number of nitrogens with zero attached hydrogens (tertiary/aromatic N) is 2. The quantitative estimate of drug-likeness (QED) is 0.813. The van der Waals surface area contributed by atoms with Crippen LogP contribution in [0.4, 0.5) is 9.18 Å². The Labute approximate surface area is 92.3 Å². The summed E-state index contributed by atoms with van der Waals surface area (Å²) in [6.45, 7) is 1.35. The van der Waals surface area contributed by atoms with E-state index in [0.29, 0.717) is 18.7 Å². The van der Waals surface area contributed by atoms with Crippen molar-refractivity contribution in [1.29, 1.82) is 5.26 Å². The highest BCUT2D eigenvalue weighted by molar-refractivity contribution is 5.76. The monoisotopic (exact) mass is 219 g/mol. The van der Waals surface area contributed by atoms with Gasteiger partial charge in [-0.2, -0.15) is 5.26 Å². The van der Waals surface area contributed by atoms with Crippen LogP contribution in [-0.2, 0) is 6.54 Å². The molecule has 1 saturated heterocycles. The lowest BCUT2D eigenvalue weighted by Crippen LogP contribution is -2.28. The van der Waals surface area contributed by atoms with Crippen molar-refractivity contribution in [1.82, 2.24) is 10.2 Å². The van der Waals surface area contributed by atoms with Gasteiger partial charge in [0.05, 0.1) is 12.1 Å². The van der Waals surface area contributed by atoms with Crippen molar-refractivity contribution in [2.24, 2.45) is 0 Å². The van der Waals surface area contributed by atoms with Gasteiger partial charge in [-0.1, -0.05) is 12.1 Å². The topological polar surface area (TPSA) is 56.1 Å². The third-order valence-corrected chi connectivity index (χ3v) is 2.51. The summed E-state index contributed by atoms with van der Waals surface area (Å²) in [6, 6.07) is 6.21. The minimum absolute atomic E-state index is 0.0112. The number of rotatable bonds is 2. The summed E-state index contributed by atoms with van der Waals surface area (Å²) in [5.74, 6) is -0.537. The molecule has 0 spiro atoms. The molecule has 1 aromatic carbocycles. The lowest BCUT2D eigenvalue weighted by molar-refractivity contribution is 0.215. The molecule has 0 aromatic heterocycles. The number of halogens is 1. The molecule has 0 aliphatic carbocycles. The van der Waals surface area contributed by atoms with Crippen LogP contribution < -0.4 is 5.32 Å². The second-order valence-corrected chi connectivity index (χ2v) is 3.54. The average Bonchev–Trinajstić information content (AvgIpc) is 2.68. The van der Waals surface area contributed by atoms with Gasteiger partial charge in [0.2, 0.25) is 0 Å². The lowest BCUT2D eigenvalue weighted by Gasteiger charge is -2.14. The van der Waals surface area contributed by atoms with E-state index in [2.05, 4.69) is 5.32 Å². The first-order valence-corrected chi connectivity index (χ1v) is 4.92. The first kappa shape index (κ1) is 10.4. The highest BCUT2D eigenvalue weighted by Crippen LogP contribution is 2.15. The molecule has 1 fully saturated rings. The van der Waals surface area contributed by atoms with Gasteiger partial charge >= 0.3 is 6.03 Å². The third-order valence-electron chi connectivity index (χ3n) is 2.51. The fourth-order valence-electron chi connectivity index (χ4n) is 1.66. The van der Waals surface area contributed by atoms with E-state index in [1.807, 2.05) is 0 Å². The van der Waals surface area contributed by atoms with E-state index >= 15 is 0 Å². The number of amides is 2. The summed E-state index contributed by atoms with van der Waals surface area (Å²) in [7, 11) is 0. The maximum Gasteiger partial charge on any atom is 0.317 e. The maximum absolute atomic E-state index is 13.7. The van der Waals surface area contributed by atoms with Crippen molar-refractivity contribution in [3.8, 4) is 6.07 Å². The van der Waals surface area contributed by atoms with E-state index in [1.54, 1.807) is 18.2 Å². The zero-order valence-electron chi connectivity index (χ0n) is 8.53. The molecule has 5 heteroatoms. The minimum atomic E-state index is -0.537. The molecule has 1 aliphatic rings. The van der Waals surface area contributed by atoms with Crippen LogP contribution in [0.25, 0.3) is 0 Å². The number of benzene rings is 1. The Morgan fingerprint density at radius 1 is 1.56 bits per heavy atom. The van der Waals surface area contributed by atoms with Gasteiger partial charge in [-0.05, 0) is 6.07 Å². The van der Waals surface area contributed by atoms with Gasteiger partial charge in [0.15, 0.2) is 0 Å². The lowest BCUT2D eigenvalue weighted by atomic mass is 10.1. The Balaban J connectivity index is 2.22. The van der Waals surface area contributed by atoms with Crippen LogP contribution in [0.1, 0.15) is 11.1 Å². The van der Waals surface area contributed by atoms with E-state index in [4.69, 9.17) is 5.26 Å². The molecule has 0 bridgehead atoms. The van der Waals surface area contributed by atoms with Crippen molar-refractivity contribution < 1.29 is 9.18 Å². The minimum Gasteiger partial charge on any atom is -0.336 e. The second-order valence-electron chi connectivity index (χ2n) is 3.54. The summed E-state index contributed by atoms with van der Waals surface area (Å²) in [5.41, 5.74) is 0.383. The summed E-state index contributed by atoms with van der Waals surface area (Å²) in [4.78, 5) is 12.8. The molecule has 0 unspecified atom stereocenters. The summed E-state index contributed by atoms with van der Waals surface area (Å²) >= 11 is 0. The normalized spacial score (nSPS) is 14.8. The van der Waals surface area contributed by atoms with Crippen molar-refractivity contribution in [2.75, 3.05) is 13.1 Å². The molecule has 1 N–H and O–H groups in total. The first-order chi connectivity index (χ1) is 7.72. The van der Waals surface area contributed by atoms with Gasteiger partial charge < -0.3 is 10.2 Å². The van der Waals surface area contributed by atoms with E-state index in [-0.39, 0.29) is 18.1 Å². The van der Waals surface area contributed by atoms with E-state index in [1.165, 1.54) is 11.0 Å². The van der Waals surface area contributed by atoms with Gasteiger partial charge in [-0.3, -0.25) is 0 Å². The van der Waals surface area contributed by atoms with Crippen molar-refractivity contribution in [2.45, 2.75) is 6.54 Å². The van der Waals surface area contributed by atoms with Crippen LogP contribution >= 0.6 is 0 Å². The largest absolute Gasteiger partial charge is 0.336 e. The van der Waals surface area contributed by atoms with Crippen molar-refractivity contribution in [3.63, 3.8) is 0 Å². The molecule has 2 rings (SSSR count). The molecule has 82 valence electrons. The molecule has 0 radical (unpaired) electrons. The fraction of sp³-hybridized carbons (Fsp3) is 0.273. The predicted octanol–water partition coefficient (Wildman–Crippen LogP) is 1.22. The number of urea groups is 1. The smallest absolute Gasteiger partial charge is 0.317 e. The average molecular weight is 219 g/mol. The Bertz CT molecular complexity index is 467. The van der Waals surface area contributed by atoms with E-state index in [0.717, 1.165) is 0 Å². The molecular formula is C11H10FN3O. The van der Waals surface area contributed by atoms with E-state index < -0.39 is 5.82 Å². The van der Waals surface area contributed by atoms with Gasteiger partial charge in [0.25, 0.3) is 0 Å². The number of nitrogens with one attached hydrogen (secondary N) is 1. The van der Waals surface area contributed by atoms with Crippen LogP contribution in [0, 0.1) is 17.1 Å². The summed E-state index contributed by atoms with van der Waals surface area (Å²) in [5, 5.41) is 11.3. The van der Waals surface area contributed by atoms with Crippen LogP contribution in [0.15, 0.2) is 18.2 Å². The van der Waals surface area contributed by atoms with E-state index in [9.17, 15) is 9.18 Å². The zero-order valence-corrected chi connectivity index (χ0v) is 8.53. The molecule has 16 heavy (non-hydrogen) atoms. The Hall–Kier alpha value is -2.09. The number of carbonyl (C=O) groups excluding carboxylic acids is 1. The van der Waals surface area contributed by atoms with Gasteiger partial charge in [-0.15, -0.1) is 0 Å². The van der Waals surface area contributed by atoms with Crippen molar-refractivity contribution >= 4 is 6.03 Å². The zero-order chi connectivity index (χ0) is 11.5. The fourth-order valence-corrected chi connectivity index (χ4v) is 1.66. The first-order valence-electron chi connectivity index (χ1n) is 4.92. The summed E-state index contributed by atoms with van der Waals surface area (Å²) in [6.07, 6.45) is 0. The molecule has 2 amide bonds. The standard InChI is InChI=1S/C11H10FN3O/c12-10-8(6-13)2-1-3-9(10)7-15-5-4-14-11(15)16/h1-3H,4-5,7H2,(H,14,16). The van der Waals surface area contributed by atoms with Crippen LogP contribution in [0.5, 0.6) is 0 Å². The van der Waals surface area contributed by atoms with Crippen LogP contribution in [0.2, 0.25) is 0 Å².